The lowest BCUT2D eigenvalue weighted by molar-refractivity contribution is 0.0777. The van der Waals surface area contributed by atoms with Crippen molar-refractivity contribution in [1.29, 1.82) is 0 Å². The zero-order chi connectivity index (χ0) is 11.5. The maximum Gasteiger partial charge on any atom is 0.251 e. The Hall–Kier alpha value is -0.810. The second-order valence-corrected chi connectivity index (χ2v) is 5.19. The molecular formula is C10H16N2O2S. The van der Waals surface area contributed by atoms with Crippen molar-refractivity contribution in [3.8, 4) is 0 Å². The molecule has 0 aliphatic carbocycles. The molecule has 2 N–H and O–H groups in total. The molecule has 0 unspecified atom stereocenters. The summed E-state index contributed by atoms with van der Waals surface area (Å²) in [6.07, 6.45) is 0.662. The second-order valence-electron chi connectivity index (χ2n) is 4.10. The normalized spacial score (nSPS) is 11.7. The zero-order valence-corrected chi connectivity index (χ0v) is 10.0. The van der Waals surface area contributed by atoms with E-state index in [9.17, 15) is 9.90 Å². The number of aromatic nitrogens is 2. The van der Waals surface area contributed by atoms with Gasteiger partial charge in [-0.2, -0.15) is 0 Å². The molecule has 0 saturated carbocycles. The molecule has 15 heavy (non-hydrogen) atoms. The van der Waals surface area contributed by atoms with Crippen LogP contribution in [0.15, 0.2) is 16.0 Å². The smallest absolute Gasteiger partial charge is 0.251 e. The molecule has 1 aromatic rings. The Labute approximate surface area is 93.1 Å². The van der Waals surface area contributed by atoms with Crippen LogP contribution in [-0.2, 0) is 0 Å². The molecule has 84 valence electrons. The van der Waals surface area contributed by atoms with Gasteiger partial charge in [0.15, 0.2) is 5.16 Å². The molecule has 0 bridgehead atoms. The second kappa shape index (κ2) is 4.81. The van der Waals surface area contributed by atoms with Crippen molar-refractivity contribution in [3.05, 3.63) is 22.1 Å². The van der Waals surface area contributed by atoms with Crippen LogP contribution in [0.5, 0.6) is 0 Å². The maximum atomic E-state index is 11.1. The standard InChI is InChI=1S/C10H16N2O2S/c1-7-6-8(13)12-9(11-7)15-5-4-10(2,3)14/h6,14H,4-5H2,1-3H3,(H,11,12,13). The first kappa shape index (κ1) is 12.3. The monoisotopic (exact) mass is 228 g/mol. The number of aryl methyl sites for hydroxylation is 1. The summed E-state index contributed by atoms with van der Waals surface area (Å²) in [6, 6.07) is 1.46. The first-order valence-electron chi connectivity index (χ1n) is 4.80. The van der Waals surface area contributed by atoms with Gasteiger partial charge in [0.1, 0.15) is 0 Å². The van der Waals surface area contributed by atoms with Crippen LogP contribution in [0.3, 0.4) is 0 Å². The molecule has 0 amide bonds. The first-order valence-corrected chi connectivity index (χ1v) is 5.78. The van der Waals surface area contributed by atoms with Crippen molar-refractivity contribution < 1.29 is 5.11 Å². The molecule has 0 saturated heterocycles. The molecule has 0 atom stereocenters. The summed E-state index contributed by atoms with van der Waals surface area (Å²) in [5, 5.41) is 10.1. The molecule has 0 spiro atoms. The summed E-state index contributed by atoms with van der Waals surface area (Å²) in [5.74, 6) is 0.732. The number of H-pyrrole nitrogens is 1. The van der Waals surface area contributed by atoms with Gasteiger partial charge in [0, 0.05) is 17.5 Å². The van der Waals surface area contributed by atoms with E-state index in [0.29, 0.717) is 17.3 Å². The lowest BCUT2D eigenvalue weighted by Crippen LogP contribution is -2.19. The minimum absolute atomic E-state index is 0.131. The van der Waals surface area contributed by atoms with Crippen LogP contribution in [0.4, 0.5) is 0 Å². The van der Waals surface area contributed by atoms with Crippen molar-refractivity contribution in [2.45, 2.75) is 37.9 Å². The fourth-order valence-electron chi connectivity index (χ4n) is 1.02. The molecule has 0 aliphatic heterocycles. The molecular weight excluding hydrogens is 212 g/mol. The summed E-state index contributed by atoms with van der Waals surface area (Å²) in [5.41, 5.74) is -0.0883. The number of rotatable bonds is 4. The third-order valence-corrected chi connectivity index (χ3v) is 2.68. The van der Waals surface area contributed by atoms with E-state index in [1.54, 1.807) is 20.8 Å². The first-order chi connectivity index (χ1) is 6.87. The molecule has 0 fully saturated rings. The fraction of sp³-hybridized carbons (Fsp3) is 0.600. The van der Waals surface area contributed by atoms with Gasteiger partial charge in [-0.05, 0) is 27.2 Å². The summed E-state index contributed by atoms with van der Waals surface area (Å²) >= 11 is 1.45. The van der Waals surface area contributed by atoms with Crippen LogP contribution in [0.25, 0.3) is 0 Å². The van der Waals surface area contributed by atoms with Crippen molar-refractivity contribution in [1.82, 2.24) is 9.97 Å². The minimum atomic E-state index is -0.670. The quantitative estimate of drug-likeness (QED) is 0.602. The largest absolute Gasteiger partial charge is 0.390 e. The van der Waals surface area contributed by atoms with Gasteiger partial charge in [-0.1, -0.05) is 11.8 Å². The molecule has 1 heterocycles. The van der Waals surface area contributed by atoms with Crippen LogP contribution in [0.1, 0.15) is 26.0 Å². The molecule has 0 aliphatic rings. The Kier molecular flexibility index (Phi) is 3.93. The molecule has 1 aromatic heterocycles. The molecule has 5 heteroatoms. The maximum absolute atomic E-state index is 11.1. The van der Waals surface area contributed by atoms with Crippen molar-refractivity contribution in [3.63, 3.8) is 0 Å². The van der Waals surface area contributed by atoms with E-state index in [-0.39, 0.29) is 5.56 Å². The van der Waals surface area contributed by atoms with Gasteiger partial charge < -0.3 is 10.1 Å². The van der Waals surface area contributed by atoms with Crippen molar-refractivity contribution >= 4 is 11.8 Å². The van der Waals surface area contributed by atoms with Crippen molar-refractivity contribution in [2.75, 3.05) is 5.75 Å². The number of hydrogen-bond donors (Lipinski definition) is 2. The van der Waals surface area contributed by atoms with Crippen LogP contribution in [0.2, 0.25) is 0 Å². The lowest BCUT2D eigenvalue weighted by atomic mass is 10.1. The average molecular weight is 228 g/mol. The molecule has 0 radical (unpaired) electrons. The van der Waals surface area contributed by atoms with E-state index in [0.717, 1.165) is 5.75 Å². The predicted octanol–water partition coefficient (Wildman–Crippen LogP) is 1.33. The zero-order valence-electron chi connectivity index (χ0n) is 9.20. The third kappa shape index (κ3) is 4.99. The number of nitrogens with zero attached hydrogens (tertiary/aromatic N) is 1. The van der Waals surface area contributed by atoms with Gasteiger partial charge in [0.05, 0.1) is 5.60 Å². The summed E-state index contributed by atoms with van der Waals surface area (Å²) < 4.78 is 0. The van der Waals surface area contributed by atoms with E-state index in [2.05, 4.69) is 9.97 Å². The van der Waals surface area contributed by atoms with E-state index in [1.807, 2.05) is 0 Å². The van der Waals surface area contributed by atoms with Gasteiger partial charge in [-0.3, -0.25) is 4.79 Å². The lowest BCUT2D eigenvalue weighted by Gasteiger charge is -2.15. The molecule has 4 nitrogen and oxygen atoms in total. The summed E-state index contributed by atoms with van der Waals surface area (Å²) in [4.78, 5) is 17.9. The van der Waals surface area contributed by atoms with Gasteiger partial charge in [-0.25, -0.2) is 4.98 Å². The SMILES string of the molecule is Cc1cc(=O)[nH]c(SCCC(C)(C)O)n1. The Morgan fingerprint density at radius 3 is 2.80 bits per heavy atom. The summed E-state index contributed by atoms with van der Waals surface area (Å²) in [7, 11) is 0. The van der Waals surface area contributed by atoms with E-state index in [1.165, 1.54) is 17.8 Å². The minimum Gasteiger partial charge on any atom is -0.390 e. The average Bonchev–Trinajstić information content (AvgIpc) is 1.99. The number of aromatic amines is 1. The number of hydrogen-bond acceptors (Lipinski definition) is 4. The van der Waals surface area contributed by atoms with Gasteiger partial charge in [0.2, 0.25) is 0 Å². The highest BCUT2D eigenvalue weighted by atomic mass is 32.2. The molecule has 0 aromatic carbocycles. The Morgan fingerprint density at radius 1 is 1.60 bits per heavy atom. The highest BCUT2D eigenvalue weighted by molar-refractivity contribution is 7.99. The van der Waals surface area contributed by atoms with E-state index >= 15 is 0 Å². The summed E-state index contributed by atoms with van der Waals surface area (Å²) in [6.45, 7) is 5.31. The third-order valence-electron chi connectivity index (χ3n) is 1.80. The van der Waals surface area contributed by atoms with Crippen LogP contribution in [0, 0.1) is 6.92 Å². The fourth-order valence-corrected chi connectivity index (χ4v) is 2.19. The highest BCUT2D eigenvalue weighted by Crippen LogP contribution is 2.17. The van der Waals surface area contributed by atoms with Gasteiger partial charge >= 0.3 is 0 Å². The topological polar surface area (TPSA) is 66.0 Å². The Balaban J connectivity index is 2.55. The van der Waals surface area contributed by atoms with Crippen molar-refractivity contribution in [2.24, 2.45) is 0 Å². The van der Waals surface area contributed by atoms with Gasteiger partial charge in [-0.15, -0.1) is 0 Å². The predicted molar refractivity (Wildman–Crippen MR) is 61.2 cm³/mol. The highest BCUT2D eigenvalue weighted by Gasteiger charge is 2.12. The Bertz CT molecular complexity index is 382. The van der Waals surface area contributed by atoms with Crippen LogP contribution >= 0.6 is 11.8 Å². The number of nitrogens with one attached hydrogen (secondary N) is 1. The van der Waals surface area contributed by atoms with Crippen LogP contribution < -0.4 is 5.56 Å². The number of thioether (sulfide) groups is 1. The Morgan fingerprint density at radius 2 is 2.27 bits per heavy atom. The van der Waals surface area contributed by atoms with Gasteiger partial charge in [0.25, 0.3) is 5.56 Å². The van der Waals surface area contributed by atoms with E-state index < -0.39 is 5.60 Å². The van der Waals surface area contributed by atoms with Crippen LogP contribution in [-0.4, -0.2) is 26.4 Å². The number of aliphatic hydroxyl groups is 1. The van der Waals surface area contributed by atoms with E-state index in [4.69, 9.17) is 0 Å². The molecule has 1 rings (SSSR count).